The number of hydrogen-bond acceptors (Lipinski definition) is 0. The van der Waals surface area contributed by atoms with Crippen LogP contribution in [-0.4, -0.2) is 0 Å². The largest absolute Gasteiger partial charge is 0.203 e. The van der Waals surface area contributed by atoms with Crippen molar-refractivity contribution >= 4 is 0 Å². The quantitative estimate of drug-likeness (QED) is 0.259. The van der Waals surface area contributed by atoms with Crippen molar-refractivity contribution in [1.82, 2.24) is 0 Å². The van der Waals surface area contributed by atoms with Gasteiger partial charge in [0.15, 0.2) is 11.6 Å². The van der Waals surface area contributed by atoms with E-state index >= 15 is 0 Å². The van der Waals surface area contributed by atoms with Crippen molar-refractivity contribution in [3.63, 3.8) is 0 Å². The van der Waals surface area contributed by atoms with E-state index in [1.807, 2.05) is 24.3 Å². The van der Waals surface area contributed by atoms with Crippen LogP contribution in [0.2, 0.25) is 0 Å². The molecule has 0 spiro atoms. The third-order valence-electron chi connectivity index (χ3n) is 5.64. The van der Waals surface area contributed by atoms with Crippen molar-refractivity contribution < 1.29 is 8.78 Å². The van der Waals surface area contributed by atoms with Crippen molar-refractivity contribution in [1.29, 1.82) is 0 Å². The lowest BCUT2D eigenvalue weighted by Crippen LogP contribution is -1.96. The van der Waals surface area contributed by atoms with Gasteiger partial charge in [-0.1, -0.05) is 81.4 Å². The highest BCUT2D eigenvalue weighted by atomic mass is 19.2. The predicted octanol–water partition coefficient (Wildman–Crippen LogP) is 7.84. The number of hydrogen-bond donors (Lipinski definition) is 0. The fraction of sp³-hybridized carbons (Fsp3) is 0.290. The number of rotatable bonds is 7. The molecule has 3 aromatic rings. The second-order valence-electron chi connectivity index (χ2n) is 8.19. The maximum Gasteiger partial charge on any atom is 0.174 e. The molecule has 0 N–H and O–H groups in total. The molecular formula is C31H30F2. The Hall–Kier alpha value is -3.36. The average molecular weight is 441 g/mol. The molecule has 0 aliphatic heterocycles. The van der Waals surface area contributed by atoms with Crippen LogP contribution in [0.1, 0.15) is 79.3 Å². The molecule has 0 aromatic heterocycles. The molecule has 2 heteroatoms. The maximum atomic E-state index is 14.1. The van der Waals surface area contributed by atoms with E-state index in [1.54, 1.807) is 13.0 Å². The summed E-state index contributed by atoms with van der Waals surface area (Å²) in [4.78, 5) is 0. The first-order valence-corrected chi connectivity index (χ1v) is 11.8. The van der Waals surface area contributed by atoms with E-state index in [0.29, 0.717) is 12.0 Å². The summed E-state index contributed by atoms with van der Waals surface area (Å²) in [5.41, 5.74) is 4.38. The van der Waals surface area contributed by atoms with Gasteiger partial charge in [-0.15, -0.1) is 0 Å². The van der Waals surface area contributed by atoms with E-state index in [-0.39, 0.29) is 5.56 Å². The molecular weight excluding hydrogens is 410 g/mol. The van der Waals surface area contributed by atoms with E-state index in [1.165, 1.54) is 43.7 Å². The minimum atomic E-state index is -0.883. The molecule has 0 nitrogen and oxygen atoms in total. The molecule has 0 atom stereocenters. The van der Waals surface area contributed by atoms with Crippen LogP contribution in [-0.2, 0) is 12.8 Å². The molecule has 33 heavy (non-hydrogen) atoms. The van der Waals surface area contributed by atoms with E-state index < -0.39 is 11.6 Å². The zero-order chi connectivity index (χ0) is 23.5. The van der Waals surface area contributed by atoms with Crippen LogP contribution in [0.4, 0.5) is 8.78 Å². The highest BCUT2D eigenvalue weighted by Gasteiger charge is 2.10. The molecule has 0 saturated carbocycles. The molecule has 0 saturated heterocycles. The zero-order valence-corrected chi connectivity index (χ0v) is 19.5. The third kappa shape index (κ3) is 7.34. The Morgan fingerprint density at radius 2 is 1.12 bits per heavy atom. The number of aryl methyl sites for hydroxylation is 2. The number of halogens is 2. The first kappa shape index (κ1) is 24.3. The molecule has 0 aliphatic carbocycles. The molecule has 0 radical (unpaired) electrons. The summed E-state index contributed by atoms with van der Waals surface area (Å²) in [5.74, 6) is 10.3. The van der Waals surface area contributed by atoms with Crippen molar-refractivity contribution in [3.05, 3.63) is 106 Å². The number of unbranched alkanes of at least 4 members (excludes halogenated alkanes) is 4. The molecule has 0 unspecified atom stereocenters. The van der Waals surface area contributed by atoms with Crippen molar-refractivity contribution in [3.8, 4) is 23.7 Å². The van der Waals surface area contributed by atoms with Gasteiger partial charge in [0.2, 0.25) is 0 Å². The smallest absolute Gasteiger partial charge is 0.174 e. The lowest BCUT2D eigenvalue weighted by molar-refractivity contribution is 0.498. The first-order valence-electron chi connectivity index (χ1n) is 11.8. The van der Waals surface area contributed by atoms with E-state index in [2.05, 4.69) is 54.9 Å². The summed E-state index contributed by atoms with van der Waals surface area (Å²) >= 11 is 0. The standard InChI is InChI=1S/C31H30F2/c1-3-5-6-7-8-9-24-10-12-25(13-11-24)14-15-26-16-18-27(19-17-26)20-21-29-23-22-28(4-2)30(32)31(29)33/h10-13,16-19,22-23H,3-9H2,1-2H3. The predicted molar refractivity (Wildman–Crippen MR) is 133 cm³/mol. The Morgan fingerprint density at radius 3 is 1.70 bits per heavy atom. The molecule has 0 amide bonds. The summed E-state index contributed by atoms with van der Waals surface area (Å²) in [5, 5.41) is 0. The number of benzene rings is 3. The fourth-order valence-corrected chi connectivity index (χ4v) is 3.57. The molecule has 0 fully saturated rings. The molecule has 0 bridgehead atoms. The molecule has 168 valence electrons. The summed E-state index contributed by atoms with van der Waals surface area (Å²) in [6, 6.07) is 19.0. The van der Waals surface area contributed by atoms with Gasteiger partial charge in [0.25, 0.3) is 0 Å². The minimum Gasteiger partial charge on any atom is -0.203 e. The lowest BCUT2D eigenvalue weighted by Gasteiger charge is -2.02. The van der Waals surface area contributed by atoms with Crippen LogP contribution in [0.25, 0.3) is 0 Å². The molecule has 0 aliphatic rings. The summed E-state index contributed by atoms with van der Waals surface area (Å²) in [7, 11) is 0. The minimum absolute atomic E-state index is 0.0676. The Kier molecular flexibility index (Phi) is 9.29. The van der Waals surface area contributed by atoms with Gasteiger partial charge >= 0.3 is 0 Å². The maximum absolute atomic E-state index is 14.1. The SMILES string of the molecule is CCCCCCCc1ccc(C#Cc2ccc(C#Cc3ccc(CC)c(F)c3F)cc2)cc1. The van der Waals surface area contributed by atoms with Gasteiger partial charge in [-0.3, -0.25) is 0 Å². The van der Waals surface area contributed by atoms with Crippen molar-refractivity contribution in [2.45, 2.75) is 58.8 Å². The zero-order valence-electron chi connectivity index (χ0n) is 19.5. The highest BCUT2D eigenvalue weighted by Crippen LogP contribution is 2.16. The van der Waals surface area contributed by atoms with Crippen molar-refractivity contribution in [2.75, 3.05) is 0 Å². The molecule has 3 rings (SSSR count). The third-order valence-corrected chi connectivity index (χ3v) is 5.64. The van der Waals surface area contributed by atoms with Crippen LogP contribution < -0.4 is 0 Å². The monoisotopic (exact) mass is 440 g/mol. The van der Waals surface area contributed by atoms with Gasteiger partial charge in [-0.25, -0.2) is 8.78 Å². The van der Waals surface area contributed by atoms with E-state index in [9.17, 15) is 8.78 Å². The second-order valence-corrected chi connectivity index (χ2v) is 8.19. The first-order chi connectivity index (χ1) is 16.1. The lowest BCUT2D eigenvalue weighted by atomic mass is 10.0. The van der Waals surface area contributed by atoms with Crippen LogP contribution in [0.15, 0.2) is 60.7 Å². The van der Waals surface area contributed by atoms with Gasteiger partial charge in [0.1, 0.15) is 0 Å². The Labute approximate surface area is 197 Å². The van der Waals surface area contributed by atoms with E-state index in [4.69, 9.17) is 0 Å². The van der Waals surface area contributed by atoms with Crippen LogP contribution in [0.3, 0.4) is 0 Å². The second kappa shape index (κ2) is 12.6. The molecule has 3 aromatic carbocycles. The van der Waals surface area contributed by atoms with Gasteiger partial charge in [0, 0.05) is 16.7 Å². The van der Waals surface area contributed by atoms with Gasteiger partial charge in [-0.2, -0.15) is 0 Å². The highest BCUT2D eigenvalue weighted by molar-refractivity contribution is 5.48. The topological polar surface area (TPSA) is 0 Å². The van der Waals surface area contributed by atoms with Crippen LogP contribution >= 0.6 is 0 Å². The normalized spacial score (nSPS) is 10.2. The van der Waals surface area contributed by atoms with Crippen molar-refractivity contribution in [2.24, 2.45) is 0 Å². The average Bonchev–Trinajstić information content (AvgIpc) is 2.85. The Morgan fingerprint density at radius 1 is 0.576 bits per heavy atom. The fourth-order valence-electron chi connectivity index (χ4n) is 3.57. The van der Waals surface area contributed by atoms with Crippen LogP contribution in [0.5, 0.6) is 0 Å². The van der Waals surface area contributed by atoms with Crippen LogP contribution in [0, 0.1) is 35.3 Å². The Balaban J connectivity index is 1.59. The van der Waals surface area contributed by atoms with E-state index in [0.717, 1.165) is 23.1 Å². The van der Waals surface area contributed by atoms with Gasteiger partial charge in [0.05, 0.1) is 5.56 Å². The summed E-state index contributed by atoms with van der Waals surface area (Å²) < 4.78 is 28.0. The Bertz CT molecular complexity index is 1160. The van der Waals surface area contributed by atoms with Gasteiger partial charge < -0.3 is 0 Å². The molecule has 0 heterocycles. The summed E-state index contributed by atoms with van der Waals surface area (Å²) in [6.45, 7) is 4.03. The summed E-state index contributed by atoms with van der Waals surface area (Å²) in [6.07, 6.45) is 8.04. The van der Waals surface area contributed by atoms with Gasteiger partial charge in [-0.05, 0) is 72.9 Å².